The van der Waals surface area contributed by atoms with Crippen molar-refractivity contribution in [1.29, 1.82) is 0 Å². The molecule has 2 fully saturated rings. The van der Waals surface area contributed by atoms with Gasteiger partial charge >= 0.3 is 0 Å². The molecule has 2 aliphatic heterocycles. The second-order valence-electron chi connectivity index (χ2n) is 27.6. The number of oxazole rings is 2. The van der Waals surface area contributed by atoms with E-state index in [0.29, 0.717) is 126 Å². The van der Waals surface area contributed by atoms with Crippen LogP contribution in [0.25, 0.3) is 22.9 Å². The molecule has 626 valence electrons. The van der Waals surface area contributed by atoms with Crippen molar-refractivity contribution in [3.05, 3.63) is 233 Å². The lowest BCUT2D eigenvalue weighted by molar-refractivity contribution is -0.132. The average Bonchev–Trinajstić information content (AvgIpc) is 1.82. The van der Waals surface area contributed by atoms with Crippen molar-refractivity contribution < 1.29 is 73.9 Å². The summed E-state index contributed by atoms with van der Waals surface area (Å²) in [7, 11) is 8.10. The molecule has 32 heteroatoms. The Balaban J connectivity index is 0.000000181. The number of benzene rings is 4. The second kappa shape index (κ2) is 43.1. The predicted octanol–water partition coefficient (Wildman–Crippen LogP) is 12.9. The number of ether oxygens (including phenoxy) is 1. The zero-order valence-electron chi connectivity index (χ0n) is 68.4. The molecule has 4 aromatic carbocycles. The van der Waals surface area contributed by atoms with Crippen LogP contribution in [0.5, 0.6) is 5.88 Å². The summed E-state index contributed by atoms with van der Waals surface area (Å²) in [4.78, 5) is 134. The highest BCUT2D eigenvalue weighted by Gasteiger charge is 2.27. The fourth-order valence-corrected chi connectivity index (χ4v) is 12.8. The molecule has 0 atom stereocenters. The first-order valence-corrected chi connectivity index (χ1v) is 38.8. The highest BCUT2D eigenvalue weighted by molar-refractivity contribution is 5.96. The van der Waals surface area contributed by atoms with Crippen LogP contribution in [0.4, 0.5) is 56.1 Å². The van der Waals surface area contributed by atoms with Gasteiger partial charge in [-0.2, -0.15) is 18.2 Å². The summed E-state index contributed by atoms with van der Waals surface area (Å²) in [6, 6.07) is 36.8. The van der Waals surface area contributed by atoms with Gasteiger partial charge in [0.25, 0.3) is 11.8 Å². The number of aryl methyl sites for hydroxylation is 4. The topological polar surface area (TPSA) is 299 Å². The third-order valence-corrected chi connectivity index (χ3v) is 20.1. The van der Waals surface area contributed by atoms with Gasteiger partial charge in [0.05, 0.1) is 30.9 Å². The van der Waals surface area contributed by atoms with E-state index < -0.39 is 29.5 Å². The Bertz CT molecular complexity index is 5020. The summed E-state index contributed by atoms with van der Waals surface area (Å²) in [5.74, 6) is -2.92. The van der Waals surface area contributed by atoms with Gasteiger partial charge in [0.2, 0.25) is 82.5 Å². The average molecular weight is 1640 g/mol. The van der Waals surface area contributed by atoms with Gasteiger partial charge in [0.15, 0.2) is 0 Å². The first kappa shape index (κ1) is 89.6. The smallest absolute Gasteiger partial charge is 0.289 e. The number of methoxy groups -OCH3 is 1. The van der Waals surface area contributed by atoms with Gasteiger partial charge in [-0.05, 0) is 153 Å². The number of hydrogen-bond donors (Lipinski definition) is 2. The molecule has 0 saturated carbocycles. The minimum atomic E-state index is -0.894. The van der Waals surface area contributed by atoms with Crippen molar-refractivity contribution in [3.63, 3.8) is 0 Å². The van der Waals surface area contributed by atoms with Gasteiger partial charge < -0.3 is 63.4 Å². The SMILES string of the molecule is CCC(=O)N(C)c1ccc(-c2ncc(C(=O)NCc3cccnc3C)o2)cc1.CCC(=O)N(C)c1ccc(-c2ncc(C(=O)NCc3cccnc3OC)o2)cc1.CCC(=O)N(C)c1ccc(N2CCN(C(=O)CCc3ccc(F)nc3C)CC2)cc1F.CCC(=O)N(C)c1ccc(N2CCN(C(=O)CCc3ccc(F)nc3F)CC2)cc1F. The van der Waals surface area contributed by atoms with E-state index in [-0.39, 0.29) is 102 Å². The Kier molecular flexibility index (Phi) is 32.4. The van der Waals surface area contributed by atoms with E-state index >= 15 is 0 Å². The molecule has 2 saturated heterocycles. The normalized spacial score (nSPS) is 12.3. The predicted molar refractivity (Wildman–Crippen MR) is 441 cm³/mol. The van der Waals surface area contributed by atoms with Crippen molar-refractivity contribution >= 4 is 81.4 Å². The maximum Gasteiger partial charge on any atom is 0.289 e. The summed E-state index contributed by atoms with van der Waals surface area (Å²) in [5.41, 5.74) is 9.14. The molecule has 8 heterocycles. The van der Waals surface area contributed by atoms with Crippen molar-refractivity contribution in [2.45, 2.75) is 106 Å². The van der Waals surface area contributed by atoms with Crippen LogP contribution in [0, 0.1) is 43.3 Å². The number of anilines is 6. The van der Waals surface area contributed by atoms with Gasteiger partial charge in [0.1, 0.15) is 11.6 Å². The Morgan fingerprint density at radius 1 is 0.445 bits per heavy atom. The molecule has 0 radical (unpaired) electrons. The summed E-state index contributed by atoms with van der Waals surface area (Å²) in [5, 5.41) is 5.57. The van der Waals surface area contributed by atoms with Crippen molar-refractivity contribution in [3.8, 4) is 28.8 Å². The van der Waals surface area contributed by atoms with Crippen LogP contribution in [-0.2, 0) is 54.7 Å². The molecule has 2 N–H and O–H groups in total. The summed E-state index contributed by atoms with van der Waals surface area (Å²) < 4.78 is 85.1. The molecule has 10 aromatic rings. The minimum absolute atomic E-state index is 0.0260. The molecule has 27 nitrogen and oxygen atoms in total. The van der Waals surface area contributed by atoms with Gasteiger partial charge in [0, 0.05) is 201 Å². The van der Waals surface area contributed by atoms with E-state index in [2.05, 4.69) is 40.5 Å². The Hall–Kier alpha value is -13.3. The maximum atomic E-state index is 14.6. The van der Waals surface area contributed by atoms with Crippen LogP contribution in [-0.4, -0.2) is 175 Å². The quantitative estimate of drug-likeness (QED) is 0.0397. The van der Waals surface area contributed by atoms with Crippen LogP contribution in [0.3, 0.4) is 0 Å². The first-order valence-electron chi connectivity index (χ1n) is 38.8. The van der Waals surface area contributed by atoms with Crippen molar-refractivity contribution in [2.75, 3.05) is 117 Å². The maximum absolute atomic E-state index is 14.6. The van der Waals surface area contributed by atoms with E-state index in [1.165, 1.54) is 53.6 Å². The standard InChI is InChI=1S/C23H28F2N4O2.C22H25F3N4O2.C21H22N4O4.C21H22N4O3/c1-4-22(30)27(3)20-8-7-18(15-19(20)24)28-11-13-29(14-12-28)23(31)10-6-17-5-9-21(25)26-16(17)2;1-3-20(30)27(2)18-7-6-16(14-17(18)23)28-10-12-29(13-11-28)21(31)9-5-15-4-8-19(24)26-22(15)25;1-4-18(26)25(2)16-9-7-14(8-10-16)21-24-13-17(29-21)19(27)23-12-15-6-5-11-22-20(15)28-3;1-4-19(26)25(3)17-9-7-15(8-10-17)21-24-13-18(28-21)20(27)23-12-16-6-5-11-22-14(16)2/h5,7-9,15H,4,6,10-14H2,1-3H3;4,6-8,14H,3,5,9-13H2,1-2H3;5-11,13H,4,12H2,1-3H3,(H,23,27);5-11,13H,4,12H2,1-3H3,(H,23,27). The zero-order valence-corrected chi connectivity index (χ0v) is 68.4. The number of nitrogens with zero attached hydrogens (tertiary/aromatic N) is 14. The van der Waals surface area contributed by atoms with Crippen LogP contribution in [0.15, 0.2) is 167 Å². The van der Waals surface area contributed by atoms with Gasteiger partial charge in [-0.25, -0.2) is 28.7 Å². The van der Waals surface area contributed by atoms with E-state index in [1.54, 1.807) is 142 Å². The van der Waals surface area contributed by atoms with Crippen LogP contribution in [0.1, 0.15) is 121 Å². The highest BCUT2D eigenvalue weighted by atomic mass is 19.1. The molecule has 12 rings (SSSR count). The Labute approximate surface area is 687 Å². The van der Waals surface area contributed by atoms with Gasteiger partial charge in [-0.3, -0.25) is 43.3 Å². The molecule has 0 unspecified atom stereocenters. The van der Waals surface area contributed by atoms with E-state index in [1.807, 2.05) is 73.0 Å². The van der Waals surface area contributed by atoms with Crippen molar-refractivity contribution in [2.24, 2.45) is 0 Å². The summed E-state index contributed by atoms with van der Waals surface area (Å²) >= 11 is 0. The van der Waals surface area contributed by atoms with Gasteiger partial charge in [-0.15, -0.1) is 0 Å². The zero-order chi connectivity index (χ0) is 86.0. The third kappa shape index (κ3) is 24.4. The lowest BCUT2D eigenvalue weighted by Gasteiger charge is -2.36. The third-order valence-electron chi connectivity index (χ3n) is 20.1. The van der Waals surface area contributed by atoms with E-state index in [0.717, 1.165) is 51.1 Å². The Morgan fingerprint density at radius 2 is 0.849 bits per heavy atom. The number of nitrogens with one attached hydrogen (secondary N) is 2. The number of carbonyl (C=O) groups excluding carboxylic acids is 8. The largest absolute Gasteiger partial charge is 0.481 e. The number of carbonyl (C=O) groups is 8. The number of hydrogen-bond acceptors (Lipinski definition) is 19. The number of piperazine rings is 2. The second-order valence-corrected chi connectivity index (χ2v) is 27.6. The fourth-order valence-electron chi connectivity index (χ4n) is 12.8. The molecule has 6 aromatic heterocycles. The minimum Gasteiger partial charge on any atom is -0.481 e. The number of pyridine rings is 4. The van der Waals surface area contributed by atoms with Gasteiger partial charge in [-0.1, -0.05) is 45.9 Å². The Morgan fingerprint density at radius 3 is 1.26 bits per heavy atom. The first-order chi connectivity index (χ1) is 57.1. The lowest BCUT2D eigenvalue weighted by atomic mass is 10.1. The summed E-state index contributed by atoms with van der Waals surface area (Å²) in [6.45, 7) is 15.6. The number of rotatable bonds is 25. The van der Waals surface area contributed by atoms with Crippen LogP contribution in [0.2, 0.25) is 0 Å². The van der Waals surface area contributed by atoms with E-state index in [4.69, 9.17) is 13.6 Å². The number of aromatic nitrogens is 6. The summed E-state index contributed by atoms with van der Waals surface area (Å²) in [6.07, 6.45) is 8.70. The molecule has 119 heavy (non-hydrogen) atoms. The molecular weight excluding hydrogens is 1540 g/mol. The molecule has 8 amide bonds. The lowest BCUT2D eigenvalue weighted by Crippen LogP contribution is -2.48. The monoisotopic (exact) mass is 1640 g/mol. The molecule has 0 spiro atoms. The fraction of sp³-hybridized carbons (Fsp3) is 0.333. The molecule has 0 bridgehead atoms. The molecular formula is C87H97F5N16O11. The molecule has 2 aliphatic rings. The highest BCUT2D eigenvalue weighted by Crippen LogP contribution is 2.30. The number of halogens is 5. The van der Waals surface area contributed by atoms with E-state index in [9.17, 15) is 60.3 Å². The number of amides is 8. The molecule has 0 aliphatic carbocycles. The van der Waals surface area contributed by atoms with Crippen LogP contribution < -0.4 is 44.8 Å². The van der Waals surface area contributed by atoms with Crippen LogP contribution >= 0.6 is 0 Å². The van der Waals surface area contributed by atoms with Crippen molar-refractivity contribution in [1.82, 2.24) is 50.3 Å².